The zero-order valence-corrected chi connectivity index (χ0v) is 40.8. The minimum absolute atomic E-state index is 0.0996. The standard InChI is InChI=1S/C57H94O6/c1-4-7-10-13-16-19-22-24-26-27-28-29-31-32-35-38-41-44-47-50-56(59)62-53-54(52-61-55(58)49-46-43-40-37-34-21-18-15-12-9-6-3)63-57(60)51-48-45-42-39-36-33-30-25-23-20-17-14-11-8-5-2/h7,10,15-20,24-26,28-30,32,35,54H,4-6,8-9,11-14,21-23,27,31,33-34,36-53H2,1-3H3/b10-7-,18-15-,19-16-,20-17-,26-24-,29-28-,30-25-,35-32-. The highest BCUT2D eigenvalue weighted by Crippen LogP contribution is 2.13. The summed E-state index contributed by atoms with van der Waals surface area (Å²) in [6, 6.07) is 0. The molecule has 0 rings (SSSR count). The molecule has 0 heterocycles. The zero-order chi connectivity index (χ0) is 45.8. The summed E-state index contributed by atoms with van der Waals surface area (Å²) in [4.78, 5) is 37.9. The largest absolute Gasteiger partial charge is 0.462 e. The van der Waals surface area contributed by atoms with Crippen molar-refractivity contribution in [3.8, 4) is 0 Å². The van der Waals surface area contributed by atoms with Gasteiger partial charge in [-0.15, -0.1) is 0 Å². The highest BCUT2D eigenvalue weighted by atomic mass is 16.6. The summed E-state index contributed by atoms with van der Waals surface area (Å²) in [7, 11) is 0. The molecule has 6 heteroatoms. The first-order chi connectivity index (χ1) is 31.0. The molecule has 358 valence electrons. The van der Waals surface area contributed by atoms with Crippen molar-refractivity contribution in [1.29, 1.82) is 0 Å². The number of hydrogen-bond donors (Lipinski definition) is 0. The fraction of sp³-hybridized carbons (Fsp3) is 0.667. The zero-order valence-electron chi connectivity index (χ0n) is 40.8. The van der Waals surface area contributed by atoms with Gasteiger partial charge in [0, 0.05) is 19.3 Å². The Kier molecular flexibility index (Phi) is 48.0. The van der Waals surface area contributed by atoms with Gasteiger partial charge in [-0.1, -0.05) is 189 Å². The van der Waals surface area contributed by atoms with E-state index in [9.17, 15) is 14.4 Å². The average Bonchev–Trinajstić information content (AvgIpc) is 3.28. The number of esters is 3. The van der Waals surface area contributed by atoms with E-state index in [1.165, 1.54) is 51.4 Å². The molecule has 0 amide bonds. The average molecular weight is 875 g/mol. The number of unbranched alkanes of at least 4 members (excludes halogenated alkanes) is 18. The van der Waals surface area contributed by atoms with E-state index in [1.807, 2.05) is 0 Å². The van der Waals surface area contributed by atoms with Crippen LogP contribution >= 0.6 is 0 Å². The van der Waals surface area contributed by atoms with Crippen LogP contribution < -0.4 is 0 Å². The molecule has 0 aromatic carbocycles. The molecule has 0 aliphatic rings. The molecule has 0 fully saturated rings. The summed E-state index contributed by atoms with van der Waals surface area (Å²) in [5, 5.41) is 0. The van der Waals surface area contributed by atoms with Crippen LogP contribution in [-0.4, -0.2) is 37.2 Å². The van der Waals surface area contributed by atoms with E-state index in [4.69, 9.17) is 14.2 Å². The van der Waals surface area contributed by atoms with Crippen molar-refractivity contribution in [1.82, 2.24) is 0 Å². The maximum absolute atomic E-state index is 12.8. The molecule has 0 saturated heterocycles. The number of allylic oxidation sites excluding steroid dienone is 16. The van der Waals surface area contributed by atoms with E-state index in [2.05, 4.69) is 118 Å². The lowest BCUT2D eigenvalue weighted by molar-refractivity contribution is -0.167. The third-order valence-electron chi connectivity index (χ3n) is 10.5. The van der Waals surface area contributed by atoms with Gasteiger partial charge in [-0.05, 0) is 116 Å². The molecule has 0 radical (unpaired) electrons. The predicted octanol–water partition coefficient (Wildman–Crippen LogP) is 17.0. The molecule has 6 nitrogen and oxygen atoms in total. The van der Waals surface area contributed by atoms with Crippen LogP contribution in [0.2, 0.25) is 0 Å². The normalized spacial score (nSPS) is 12.9. The Morgan fingerprint density at radius 1 is 0.333 bits per heavy atom. The van der Waals surface area contributed by atoms with Crippen LogP contribution in [0.25, 0.3) is 0 Å². The third-order valence-corrected chi connectivity index (χ3v) is 10.5. The quantitative estimate of drug-likeness (QED) is 0.0262. The Labute approximate surface area is 387 Å². The van der Waals surface area contributed by atoms with E-state index < -0.39 is 6.10 Å². The van der Waals surface area contributed by atoms with Gasteiger partial charge in [-0.25, -0.2) is 0 Å². The van der Waals surface area contributed by atoms with Gasteiger partial charge in [0.1, 0.15) is 13.2 Å². The second-order valence-electron chi connectivity index (χ2n) is 16.7. The monoisotopic (exact) mass is 875 g/mol. The summed E-state index contributed by atoms with van der Waals surface area (Å²) in [6.07, 6.45) is 66.7. The van der Waals surface area contributed by atoms with Crippen molar-refractivity contribution in [3.05, 3.63) is 97.2 Å². The van der Waals surface area contributed by atoms with Gasteiger partial charge in [-0.3, -0.25) is 14.4 Å². The van der Waals surface area contributed by atoms with Gasteiger partial charge in [0.05, 0.1) is 0 Å². The third kappa shape index (κ3) is 49.2. The molecule has 1 atom stereocenters. The Morgan fingerprint density at radius 2 is 0.635 bits per heavy atom. The van der Waals surface area contributed by atoms with Crippen LogP contribution in [0.3, 0.4) is 0 Å². The summed E-state index contributed by atoms with van der Waals surface area (Å²) < 4.78 is 16.7. The second-order valence-corrected chi connectivity index (χ2v) is 16.7. The lowest BCUT2D eigenvalue weighted by Gasteiger charge is -2.18. The van der Waals surface area contributed by atoms with Gasteiger partial charge in [0.15, 0.2) is 6.10 Å². The first-order valence-electron chi connectivity index (χ1n) is 25.7. The summed E-state index contributed by atoms with van der Waals surface area (Å²) in [5.74, 6) is -0.960. The second kappa shape index (κ2) is 51.0. The summed E-state index contributed by atoms with van der Waals surface area (Å²) >= 11 is 0. The number of hydrogen-bond acceptors (Lipinski definition) is 6. The van der Waals surface area contributed by atoms with Crippen molar-refractivity contribution in [2.45, 2.75) is 232 Å². The van der Waals surface area contributed by atoms with Crippen molar-refractivity contribution in [2.75, 3.05) is 13.2 Å². The molecule has 0 aromatic rings. The molecule has 0 aliphatic heterocycles. The highest BCUT2D eigenvalue weighted by Gasteiger charge is 2.19. The van der Waals surface area contributed by atoms with E-state index in [1.54, 1.807) is 0 Å². The molecule has 0 bridgehead atoms. The van der Waals surface area contributed by atoms with Gasteiger partial charge in [-0.2, -0.15) is 0 Å². The van der Waals surface area contributed by atoms with Gasteiger partial charge >= 0.3 is 17.9 Å². The Balaban J connectivity index is 4.47. The fourth-order valence-corrected chi connectivity index (χ4v) is 6.65. The number of carbonyl (C=O) groups is 3. The van der Waals surface area contributed by atoms with Crippen molar-refractivity contribution < 1.29 is 28.6 Å². The molecule has 1 unspecified atom stereocenters. The molecule has 0 N–H and O–H groups in total. The smallest absolute Gasteiger partial charge is 0.306 e. The topological polar surface area (TPSA) is 78.9 Å². The van der Waals surface area contributed by atoms with Gasteiger partial charge < -0.3 is 14.2 Å². The minimum atomic E-state index is -0.802. The minimum Gasteiger partial charge on any atom is -0.462 e. The molecule has 0 aromatic heterocycles. The molecule has 0 saturated carbocycles. The van der Waals surface area contributed by atoms with E-state index in [0.29, 0.717) is 19.3 Å². The maximum atomic E-state index is 12.8. The Hall–Kier alpha value is -3.67. The first-order valence-corrected chi connectivity index (χ1v) is 25.7. The summed E-state index contributed by atoms with van der Waals surface area (Å²) in [5.41, 5.74) is 0. The number of carbonyl (C=O) groups excluding carboxylic acids is 3. The maximum Gasteiger partial charge on any atom is 0.306 e. The first kappa shape index (κ1) is 59.3. The number of ether oxygens (including phenoxy) is 3. The van der Waals surface area contributed by atoms with E-state index in [-0.39, 0.29) is 31.1 Å². The van der Waals surface area contributed by atoms with E-state index >= 15 is 0 Å². The van der Waals surface area contributed by atoms with Gasteiger partial charge in [0.25, 0.3) is 0 Å². The van der Waals surface area contributed by atoms with Crippen LogP contribution in [0, 0.1) is 0 Å². The molecular formula is C57H94O6. The van der Waals surface area contributed by atoms with Crippen molar-refractivity contribution in [2.24, 2.45) is 0 Å². The molecule has 0 aliphatic carbocycles. The Morgan fingerprint density at radius 3 is 1.05 bits per heavy atom. The Bertz CT molecular complexity index is 1280. The fourth-order valence-electron chi connectivity index (χ4n) is 6.65. The summed E-state index contributed by atoms with van der Waals surface area (Å²) in [6.45, 7) is 6.40. The van der Waals surface area contributed by atoms with Gasteiger partial charge in [0.2, 0.25) is 0 Å². The predicted molar refractivity (Wildman–Crippen MR) is 270 cm³/mol. The number of rotatable bonds is 45. The lowest BCUT2D eigenvalue weighted by Crippen LogP contribution is -2.30. The van der Waals surface area contributed by atoms with Crippen LogP contribution in [-0.2, 0) is 28.6 Å². The molecular weight excluding hydrogens is 781 g/mol. The van der Waals surface area contributed by atoms with Crippen LogP contribution in [0.4, 0.5) is 0 Å². The molecule has 0 spiro atoms. The van der Waals surface area contributed by atoms with Crippen LogP contribution in [0.1, 0.15) is 226 Å². The van der Waals surface area contributed by atoms with Crippen molar-refractivity contribution >= 4 is 17.9 Å². The van der Waals surface area contributed by atoms with E-state index in [0.717, 1.165) is 135 Å². The molecule has 63 heavy (non-hydrogen) atoms. The van der Waals surface area contributed by atoms with Crippen LogP contribution in [0.15, 0.2) is 97.2 Å². The SMILES string of the molecule is CC/C=C\C/C=C\C/C=C\C/C=C\C/C=C\CCCCCC(=O)OCC(COC(=O)CCCCCCC/C=C\CCCC)OC(=O)CCCCCCC/C=C\C/C=C\CCCCC. The van der Waals surface area contributed by atoms with Crippen molar-refractivity contribution in [3.63, 3.8) is 0 Å². The highest BCUT2D eigenvalue weighted by molar-refractivity contribution is 5.71. The lowest BCUT2D eigenvalue weighted by atomic mass is 10.1. The van der Waals surface area contributed by atoms with Crippen LogP contribution in [0.5, 0.6) is 0 Å².